The molecular weight excluding hydrogens is 680 g/mol. The van der Waals surface area contributed by atoms with Gasteiger partial charge in [0.15, 0.2) is 0 Å². The predicted molar refractivity (Wildman–Crippen MR) is 190 cm³/mol. The molecule has 0 atom stereocenters. The molecule has 1 spiro atoms. The van der Waals surface area contributed by atoms with Gasteiger partial charge in [-0.25, -0.2) is 4.98 Å². The lowest BCUT2D eigenvalue weighted by Crippen LogP contribution is -2.25. The number of rotatable bonds is 3. The predicted octanol–water partition coefficient (Wildman–Crippen LogP) is 11.3. The SMILES string of the molecule is Brc1ccc(-c2nc(-c3ccccn3)ccc2-c2ccc3c(c2)C2(c4ccccc4-c4ccccc42)c2cc(Br)ccc2-3)cc1. The van der Waals surface area contributed by atoms with Crippen molar-refractivity contribution in [2.75, 3.05) is 0 Å². The van der Waals surface area contributed by atoms with E-state index in [0.29, 0.717) is 0 Å². The summed E-state index contributed by atoms with van der Waals surface area (Å²) in [5.74, 6) is 0. The van der Waals surface area contributed by atoms with E-state index in [-0.39, 0.29) is 0 Å². The molecule has 0 bridgehead atoms. The van der Waals surface area contributed by atoms with Crippen LogP contribution in [0.4, 0.5) is 0 Å². The zero-order valence-electron chi connectivity index (χ0n) is 24.0. The fourth-order valence-corrected chi connectivity index (χ4v) is 8.08. The molecule has 0 radical (unpaired) electrons. The highest BCUT2D eigenvalue weighted by Crippen LogP contribution is 2.63. The molecule has 2 aromatic heterocycles. The number of benzene rings is 5. The Kier molecular flexibility index (Phi) is 6.06. The van der Waals surface area contributed by atoms with Gasteiger partial charge in [0.05, 0.1) is 22.5 Å². The Bertz CT molecular complexity index is 2250. The summed E-state index contributed by atoms with van der Waals surface area (Å²) in [7, 11) is 0. The van der Waals surface area contributed by atoms with E-state index in [1.165, 1.54) is 44.5 Å². The third-order valence-electron chi connectivity index (χ3n) is 9.30. The molecule has 0 aliphatic heterocycles. The Balaban J connectivity index is 1.33. The maximum Gasteiger partial charge on any atom is 0.0894 e. The highest BCUT2D eigenvalue weighted by molar-refractivity contribution is 9.10. The van der Waals surface area contributed by atoms with E-state index in [1.807, 2.05) is 24.4 Å². The standard InChI is InChI=1S/C41H24Br2N2/c42-27-15-12-25(13-16-27)40-29(20-21-39(45-40)38-11-5-6-22-44-38)26-14-18-32-33-19-17-28(43)24-37(33)41(36(32)23-26)34-9-3-1-7-30(34)31-8-2-4-10-35(31)41/h1-24H. The molecule has 45 heavy (non-hydrogen) atoms. The van der Waals surface area contributed by atoms with Crippen LogP contribution in [0, 0.1) is 0 Å². The smallest absolute Gasteiger partial charge is 0.0894 e. The minimum absolute atomic E-state index is 0.420. The van der Waals surface area contributed by atoms with Crippen molar-refractivity contribution in [2.45, 2.75) is 5.41 Å². The lowest BCUT2D eigenvalue weighted by Gasteiger charge is -2.31. The van der Waals surface area contributed by atoms with Gasteiger partial charge in [-0.05, 0) is 105 Å². The van der Waals surface area contributed by atoms with Gasteiger partial charge in [-0.2, -0.15) is 0 Å². The third-order valence-corrected chi connectivity index (χ3v) is 10.3. The second kappa shape index (κ2) is 10.2. The molecule has 5 aromatic carbocycles. The molecule has 2 aliphatic carbocycles. The molecule has 0 N–H and O–H groups in total. The zero-order valence-corrected chi connectivity index (χ0v) is 27.2. The molecule has 9 rings (SSSR count). The minimum Gasteiger partial charge on any atom is -0.255 e. The summed E-state index contributed by atoms with van der Waals surface area (Å²) in [6.07, 6.45) is 1.82. The molecule has 2 nitrogen and oxygen atoms in total. The first-order chi connectivity index (χ1) is 22.1. The first-order valence-electron chi connectivity index (χ1n) is 15.0. The van der Waals surface area contributed by atoms with E-state index >= 15 is 0 Å². The number of nitrogens with zero attached hydrogens (tertiary/aromatic N) is 2. The van der Waals surface area contributed by atoms with Crippen molar-refractivity contribution in [1.29, 1.82) is 0 Å². The normalized spacial score (nSPS) is 13.3. The van der Waals surface area contributed by atoms with Crippen LogP contribution in [-0.4, -0.2) is 9.97 Å². The summed E-state index contributed by atoms with van der Waals surface area (Å²) in [6, 6.07) is 50.3. The molecule has 0 fully saturated rings. The zero-order chi connectivity index (χ0) is 30.1. The van der Waals surface area contributed by atoms with Crippen LogP contribution in [0.15, 0.2) is 155 Å². The van der Waals surface area contributed by atoms with Crippen LogP contribution < -0.4 is 0 Å². The average molecular weight is 704 g/mol. The number of aromatic nitrogens is 2. The Morgan fingerprint density at radius 2 is 1.00 bits per heavy atom. The Morgan fingerprint density at radius 1 is 0.422 bits per heavy atom. The molecule has 2 aliphatic rings. The summed E-state index contributed by atoms with van der Waals surface area (Å²) in [5, 5.41) is 0. The first-order valence-corrected chi connectivity index (χ1v) is 16.5. The van der Waals surface area contributed by atoms with Crippen LogP contribution in [0.1, 0.15) is 22.3 Å². The Morgan fingerprint density at radius 3 is 1.71 bits per heavy atom. The van der Waals surface area contributed by atoms with Crippen LogP contribution in [0.5, 0.6) is 0 Å². The van der Waals surface area contributed by atoms with Crippen LogP contribution in [0.25, 0.3) is 56.0 Å². The van der Waals surface area contributed by atoms with Gasteiger partial charge in [0.2, 0.25) is 0 Å². The van der Waals surface area contributed by atoms with Crippen molar-refractivity contribution >= 4 is 31.9 Å². The molecular formula is C41H24Br2N2. The van der Waals surface area contributed by atoms with Gasteiger partial charge in [-0.3, -0.25) is 4.98 Å². The largest absolute Gasteiger partial charge is 0.255 e. The number of hydrogen-bond donors (Lipinski definition) is 0. The van der Waals surface area contributed by atoms with Crippen molar-refractivity contribution in [3.05, 3.63) is 177 Å². The van der Waals surface area contributed by atoms with Crippen LogP contribution >= 0.6 is 31.9 Å². The van der Waals surface area contributed by atoms with E-state index in [4.69, 9.17) is 4.98 Å². The second-order valence-corrected chi connectivity index (χ2v) is 13.4. The summed E-state index contributed by atoms with van der Waals surface area (Å²) < 4.78 is 2.12. The van der Waals surface area contributed by atoms with Gasteiger partial charge in [0, 0.05) is 26.3 Å². The van der Waals surface area contributed by atoms with Gasteiger partial charge in [-0.1, -0.05) is 117 Å². The van der Waals surface area contributed by atoms with Crippen LogP contribution in [0.3, 0.4) is 0 Å². The molecule has 0 unspecified atom stereocenters. The number of fused-ring (bicyclic) bond motifs is 10. The molecule has 7 aromatic rings. The van der Waals surface area contributed by atoms with Crippen molar-refractivity contribution in [1.82, 2.24) is 9.97 Å². The summed E-state index contributed by atoms with van der Waals surface area (Å²) in [5.41, 5.74) is 16.0. The van der Waals surface area contributed by atoms with E-state index in [1.54, 1.807) is 0 Å². The Labute approximate surface area is 278 Å². The summed E-state index contributed by atoms with van der Waals surface area (Å²) in [6.45, 7) is 0. The van der Waals surface area contributed by atoms with Gasteiger partial charge in [-0.15, -0.1) is 0 Å². The molecule has 0 amide bonds. The monoisotopic (exact) mass is 702 g/mol. The fourth-order valence-electron chi connectivity index (χ4n) is 7.46. The average Bonchev–Trinajstić information content (AvgIpc) is 3.55. The first kappa shape index (κ1) is 26.7. The van der Waals surface area contributed by atoms with Crippen molar-refractivity contribution in [3.63, 3.8) is 0 Å². The van der Waals surface area contributed by atoms with E-state index in [9.17, 15) is 0 Å². The number of halogens is 2. The molecule has 2 heterocycles. The van der Waals surface area contributed by atoms with Gasteiger partial charge < -0.3 is 0 Å². The highest BCUT2D eigenvalue weighted by atomic mass is 79.9. The fraction of sp³-hybridized carbons (Fsp3) is 0.0244. The van der Waals surface area contributed by atoms with E-state index in [0.717, 1.165) is 42.7 Å². The molecule has 0 saturated carbocycles. The molecule has 212 valence electrons. The summed E-state index contributed by atoms with van der Waals surface area (Å²) in [4.78, 5) is 9.84. The topological polar surface area (TPSA) is 25.8 Å². The van der Waals surface area contributed by atoms with Gasteiger partial charge in [0.1, 0.15) is 0 Å². The van der Waals surface area contributed by atoms with Gasteiger partial charge in [0.25, 0.3) is 0 Å². The van der Waals surface area contributed by atoms with Crippen LogP contribution in [0.2, 0.25) is 0 Å². The maximum atomic E-state index is 5.24. The lowest BCUT2D eigenvalue weighted by atomic mass is 9.70. The lowest BCUT2D eigenvalue weighted by molar-refractivity contribution is 0.793. The summed E-state index contributed by atoms with van der Waals surface area (Å²) >= 11 is 7.43. The van der Waals surface area contributed by atoms with E-state index in [2.05, 4.69) is 158 Å². The maximum absolute atomic E-state index is 5.24. The van der Waals surface area contributed by atoms with Crippen molar-refractivity contribution in [3.8, 4) is 56.0 Å². The number of pyridine rings is 2. The minimum atomic E-state index is -0.420. The van der Waals surface area contributed by atoms with Gasteiger partial charge >= 0.3 is 0 Å². The third kappa shape index (κ3) is 3.92. The quantitative estimate of drug-likeness (QED) is 0.183. The molecule has 4 heteroatoms. The molecule has 0 saturated heterocycles. The Hall–Kier alpha value is -4.64. The highest BCUT2D eigenvalue weighted by Gasteiger charge is 2.51. The number of hydrogen-bond acceptors (Lipinski definition) is 2. The van der Waals surface area contributed by atoms with Crippen molar-refractivity contribution < 1.29 is 0 Å². The second-order valence-electron chi connectivity index (χ2n) is 11.6. The van der Waals surface area contributed by atoms with Crippen LogP contribution in [-0.2, 0) is 5.41 Å². The van der Waals surface area contributed by atoms with E-state index < -0.39 is 5.41 Å². The van der Waals surface area contributed by atoms with Crippen molar-refractivity contribution in [2.24, 2.45) is 0 Å².